The lowest BCUT2D eigenvalue weighted by molar-refractivity contribution is -0.121. The van der Waals surface area contributed by atoms with Gasteiger partial charge in [-0.3, -0.25) is 9.69 Å². The van der Waals surface area contributed by atoms with Gasteiger partial charge in [-0.25, -0.2) is 0 Å². The highest BCUT2D eigenvalue weighted by atomic mass is 35.5. The van der Waals surface area contributed by atoms with Crippen LogP contribution in [0.4, 0.5) is 0 Å². The molecule has 32 heavy (non-hydrogen) atoms. The molecule has 2 aromatic carbocycles. The Kier molecular flexibility index (Phi) is 8.81. The van der Waals surface area contributed by atoms with Crippen molar-refractivity contribution in [3.63, 3.8) is 0 Å². The molecule has 9 heteroatoms. The van der Waals surface area contributed by atoms with Crippen LogP contribution >= 0.6 is 35.6 Å². The van der Waals surface area contributed by atoms with Crippen LogP contribution in [0.2, 0.25) is 5.02 Å². The van der Waals surface area contributed by atoms with Gasteiger partial charge in [0.15, 0.2) is 11.5 Å². The maximum Gasteiger partial charge on any atom is 0.265 e. The highest BCUT2D eigenvalue weighted by molar-refractivity contribution is 8.26. The summed E-state index contributed by atoms with van der Waals surface area (Å²) in [5, 5.41) is 0.380. The van der Waals surface area contributed by atoms with Gasteiger partial charge in [-0.05, 0) is 42.8 Å². The minimum absolute atomic E-state index is 0.140. The molecular weight excluding hydrogens is 470 g/mol. The molecular formula is C23H24ClNO5S2. The third-order valence-corrected chi connectivity index (χ3v) is 6.29. The number of benzene rings is 2. The van der Waals surface area contributed by atoms with Crippen LogP contribution in [0.3, 0.4) is 0 Å². The standard InChI is InChI=1S/C23H24ClNO5S2/c1-15-4-6-17(7-5-15)29-10-8-28-9-11-30-21-18(24)12-16(13-19(21)27-3)14-20-22(26)25(2)23(31)32-20/h4-7,12-14H,8-11H2,1-3H3/b20-14-. The number of amides is 1. The molecule has 0 bridgehead atoms. The van der Waals surface area contributed by atoms with Crippen molar-refractivity contribution in [1.82, 2.24) is 4.90 Å². The number of methoxy groups -OCH3 is 1. The summed E-state index contributed by atoms with van der Waals surface area (Å²) in [6, 6.07) is 11.3. The first kappa shape index (κ1) is 24.4. The quantitative estimate of drug-likeness (QED) is 0.263. The zero-order chi connectivity index (χ0) is 23.1. The third kappa shape index (κ3) is 6.38. The van der Waals surface area contributed by atoms with Gasteiger partial charge in [0.25, 0.3) is 5.91 Å². The summed E-state index contributed by atoms with van der Waals surface area (Å²) in [7, 11) is 3.19. The SMILES string of the molecule is COc1cc(/C=C2\SC(=S)N(C)C2=O)cc(Cl)c1OCCOCCOc1ccc(C)cc1. The molecule has 1 fully saturated rings. The molecule has 2 aromatic rings. The van der Waals surface area contributed by atoms with Gasteiger partial charge in [0.1, 0.15) is 23.3 Å². The summed E-state index contributed by atoms with van der Waals surface area (Å²) >= 11 is 12.8. The van der Waals surface area contributed by atoms with E-state index in [1.165, 1.54) is 29.3 Å². The van der Waals surface area contributed by atoms with E-state index >= 15 is 0 Å². The van der Waals surface area contributed by atoms with Crippen molar-refractivity contribution in [3.8, 4) is 17.2 Å². The van der Waals surface area contributed by atoms with Gasteiger partial charge in [-0.2, -0.15) is 0 Å². The topological polar surface area (TPSA) is 57.2 Å². The lowest BCUT2D eigenvalue weighted by atomic mass is 10.2. The van der Waals surface area contributed by atoms with E-state index in [-0.39, 0.29) is 5.91 Å². The Morgan fingerprint density at radius 3 is 2.41 bits per heavy atom. The molecule has 6 nitrogen and oxygen atoms in total. The number of rotatable bonds is 10. The lowest BCUT2D eigenvalue weighted by Gasteiger charge is -2.14. The molecule has 0 unspecified atom stereocenters. The van der Waals surface area contributed by atoms with E-state index in [1.54, 1.807) is 25.3 Å². The van der Waals surface area contributed by atoms with Crippen LogP contribution in [0.5, 0.6) is 17.2 Å². The van der Waals surface area contributed by atoms with Crippen LogP contribution in [0.1, 0.15) is 11.1 Å². The number of halogens is 1. The Hall–Kier alpha value is -2.26. The molecule has 1 aliphatic rings. The first-order valence-electron chi connectivity index (χ1n) is 9.88. The Balaban J connectivity index is 1.49. The molecule has 1 amide bonds. The molecule has 0 aromatic heterocycles. The second kappa shape index (κ2) is 11.6. The van der Waals surface area contributed by atoms with E-state index < -0.39 is 0 Å². The molecule has 0 aliphatic carbocycles. The number of hydrogen-bond acceptors (Lipinski definition) is 7. The van der Waals surface area contributed by atoms with E-state index in [2.05, 4.69) is 0 Å². The molecule has 0 spiro atoms. The average molecular weight is 494 g/mol. The second-order valence-electron chi connectivity index (χ2n) is 6.90. The molecule has 3 rings (SSSR count). The molecule has 1 heterocycles. The van der Waals surface area contributed by atoms with Crippen LogP contribution in [-0.4, -0.2) is 55.7 Å². The molecule has 0 saturated carbocycles. The predicted octanol–water partition coefficient (Wildman–Crippen LogP) is 4.96. The fourth-order valence-corrected chi connectivity index (χ4v) is 4.27. The first-order valence-corrected chi connectivity index (χ1v) is 11.5. The molecule has 1 saturated heterocycles. The largest absolute Gasteiger partial charge is 0.493 e. The van der Waals surface area contributed by atoms with Crippen LogP contribution in [0, 0.1) is 6.92 Å². The third-order valence-electron chi connectivity index (χ3n) is 4.53. The Labute approximate surface area is 202 Å². The van der Waals surface area contributed by atoms with Gasteiger partial charge in [-0.1, -0.05) is 53.3 Å². The molecule has 0 atom stereocenters. The van der Waals surface area contributed by atoms with Crippen LogP contribution in [0.15, 0.2) is 41.3 Å². The van der Waals surface area contributed by atoms with E-state index in [0.29, 0.717) is 52.2 Å². The Morgan fingerprint density at radius 2 is 1.78 bits per heavy atom. The number of ether oxygens (including phenoxy) is 4. The van der Waals surface area contributed by atoms with Crippen molar-refractivity contribution >= 4 is 51.9 Å². The fourth-order valence-electron chi connectivity index (χ4n) is 2.82. The number of likely N-dealkylation sites (N-methyl/N-ethyl adjacent to an activating group) is 1. The van der Waals surface area contributed by atoms with Crippen LogP contribution < -0.4 is 14.2 Å². The smallest absolute Gasteiger partial charge is 0.265 e. The van der Waals surface area contributed by atoms with Crippen molar-refractivity contribution in [2.24, 2.45) is 0 Å². The number of thiocarbonyl (C=S) groups is 1. The summed E-state index contributed by atoms with van der Waals surface area (Å²) < 4.78 is 22.9. The summed E-state index contributed by atoms with van der Waals surface area (Å²) in [6.07, 6.45) is 1.73. The maximum atomic E-state index is 12.2. The number of hydrogen-bond donors (Lipinski definition) is 0. The number of carbonyl (C=O) groups is 1. The van der Waals surface area contributed by atoms with E-state index in [0.717, 1.165) is 11.3 Å². The van der Waals surface area contributed by atoms with E-state index in [9.17, 15) is 4.79 Å². The summed E-state index contributed by atoms with van der Waals surface area (Å²) in [6.45, 7) is 3.59. The average Bonchev–Trinajstić information content (AvgIpc) is 3.01. The van der Waals surface area contributed by atoms with Crippen LogP contribution in [-0.2, 0) is 9.53 Å². The lowest BCUT2D eigenvalue weighted by Crippen LogP contribution is -2.22. The van der Waals surface area contributed by atoms with Gasteiger partial charge < -0.3 is 18.9 Å². The molecule has 0 radical (unpaired) electrons. The monoisotopic (exact) mass is 493 g/mol. The highest BCUT2D eigenvalue weighted by Gasteiger charge is 2.28. The van der Waals surface area contributed by atoms with Gasteiger partial charge in [0.05, 0.1) is 30.3 Å². The van der Waals surface area contributed by atoms with Crippen molar-refractivity contribution in [2.45, 2.75) is 6.92 Å². The number of carbonyl (C=O) groups excluding carboxylic acids is 1. The van der Waals surface area contributed by atoms with E-state index in [1.807, 2.05) is 31.2 Å². The highest BCUT2D eigenvalue weighted by Crippen LogP contribution is 2.38. The van der Waals surface area contributed by atoms with Gasteiger partial charge in [0.2, 0.25) is 0 Å². The minimum Gasteiger partial charge on any atom is -0.493 e. The van der Waals surface area contributed by atoms with Crippen molar-refractivity contribution in [2.75, 3.05) is 40.6 Å². The normalized spacial score (nSPS) is 14.9. The summed E-state index contributed by atoms with van der Waals surface area (Å²) in [5.41, 5.74) is 1.91. The zero-order valence-electron chi connectivity index (χ0n) is 18.1. The predicted molar refractivity (Wildman–Crippen MR) is 132 cm³/mol. The summed E-state index contributed by atoms with van der Waals surface area (Å²) in [5.74, 6) is 1.57. The van der Waals surface area contributed by atoms with E-state index in [4.69, 9.17) is 42.8 Å². The molecule has 0 N–H and O–H groups in total. The minimum atomic E-state index is -0.140. The molecule has 170 valence electrons. The second-order valence-corrected chi connectivity index (χ2v) is 8.98. The van der Waals surface area contributed by atoms with Gasteiger partial charge >= 0.3 is 0 Å². The number of nitrogens with zero attached hydrogens (tertiary/aromatic N) is 1. The van der Waals surface area contributed by atoms with Gasteiger partial charge in [-0.15, -0.1) is 0 Å². The van der Waals surface area contributed by atoms with Gasteiger partial charge in [0, 0.05) is 7.05 Å². The molecule has 1 aliphatic heterocycles. The fraction of sp³-hybridized carbons (Fsp3) is 0.304. The zero-order valence-corrected chi connectivity index (χ0v) is 20.4. The maximum absolute atomic E-state index is 12.2. The van der Waals surface area contributed by atoms with Crippen molar-refractivity contribution in [1.29, 1.82) is 0 Å². The number of aryl methyl sites for hydroxylation is 1. The van der Waals surface area contributed by atoms with Crippen LogP contribution in [0.25, 0.3) is 6.08 Å². The Bertz CT molecular complexity index is 1010. The van der Waals surface area contributed by atoms with Crippen molar-refractivity contribution < 1.29 is 23.7 Å². The summed E-state index contributed by atoms with van der Waals surface area (Å²) in [4.78, 5) is 14.2. The van der Waals surface area contributed by atoms with Crippen molar-refractivity contribution in [3.05, 3.63) is 57.5 Å². The number of thioether (sulfide) groups is 1. The first-order chi connectivity index (χ1) is 15.4. The Morgan fingerprint density at radius 1 is 1.09 bits per heavy atom.